The van der Waals surface area contributed by atoms with Gasteiger partial charge in [0.25, 0.3) is 0 Å². The average molecular weight is 177 g/mol. The second kappa shape index (κ2) is 3.93. The summed E-state index contributed by atoms with van der Waals surface area (Å²) < 4.78 is 0. The molecule has 0 N–H and O–H groups in total. The van der Waals surface area contributed by atoms with Crippen LogP contribution in [0.25, 0.3) is 0 Å². The molecule has 0 spiro atoms. The fourth-order valence-corrected chi connectivity index (χ4v) is 1.46. The third-order valence-corrected chi connectivity index (χ3v) is 2.09. The molecule has 12 heavy (non-hydrogen) atoms. The number of benzene rings is 1. The molecule has 3 heteroatoms. The number of carbonyl (C=O) groups excluding carboxylic acids is 1. The fraction of sp³-hybridized carbons (Fsp3) is 0.111. The van der Waals surface area contributed by atoms with Crippen LogP contribution < -0.4 is 0 Å². The molecule has 0 aromatic heterocycles. The Morgan fingerprint density at radius 3 is 2.75 bits per heavy atom. The molecule has 0 heterocycles. The Morgan fingerprint density at radius 2 is 2.17 bits per heavy atom. The molecule has 0 radical (unpaired) electrons. The predicted molar refractivity (Wildman–Crippen MR) is 47.9 cm³/mol. The van der Waals surface area contributed by atoms with Crippen molar-refractivity contribution in [1.29, 1.82) is 5.26 Å². The van der Waals surface area contributed by atoms with Crippen LogP contribution in [0.2, 0.25) is 0 Å². The molecule has 0 aliphatic heterocycles. The van der Waals surface area contributed by atoms with E-state index in [-0.39, 0.29) is 5.78 Å². The van der Waals surface area contributed by atoms with Gasteiger partial charge in [0.05, 0.1) is 0 Å². The lowest BCUT2D eigenvalue weighted by Crippen LogP contribution is -1.93. The smallest absolute Gasteiger partial charge is 0.160 e. The zero-order chi connectivity index (χ0) is 8.97. The summed E-state index contributed by atoms with van der Waals surface area (Å²) in [6.07, 6.45) is 0. The van der Waals surface area contributed by atoms with Crippen molar-refractivity contribution >= 4 is 17.5 Å². The second-order valence-corrected chi connectivity index (χ2v) is 3.07. The molecule has 1 aromatic rings. The molecule has 0 saturated carbocycles. The molecule has 0 bridgehead atoms. The van der Waals surface area contributed by atoms with Crippen molar-refractivity contribution < 1.29 is 4.79 Å². The number of nitrogens with zero attached hydrogens (tertiary/aromatic N) is 1. The van der Waals surface area contributed by atoms with Crippen molar-refractivity contribution in [2.75, 3.05) is 0 Å². The maximum absolute atomic E-state index is 11.0. The van der Waals surface area contributed by atoms with E-state index in [1.54, 1.807) is 18.2 Å². The van der Waals surface area contributed by atoms with Crippen LogP contribution in [0, 0.1) is 10.7 Å². The van der Waals surface area contributed by atoms with E-state index in [2.05, 4.69) is 0 Å². The lowest BCUT2D eigenvalue weighted by molar-refractivity contribution is 0.101. The van der Waals surface area contributed by atoms with Gasteiger partial charge in [-0.25, -0.2) is 0 Å². The predicted octanol–water partition coefficient (Wildman–Crippen LogP) is 2.46. The van der Waals surface area contributed by atoms with Crippen molar-refractivity contribution in [2.24, 2.45) is 0 Å². The highest BCUT2D eigenvalue weighted by atomic mass is 32.2. The van der Waals surface area contributed by atoms with Crippen LogP contribution in [0.4, 0.5) is 0 Å². The summed E-state index contributed by atoms with van der Waals surface area (Å²) in [6.45, 7) is 1.50. The van der Waals surface area contributed by atoms with E-state index in [0.717, 1.165) is 16.7 Å². The van der Waals surface area contributed by atoms with Crippen LogP contribution in [0.15, 0.2) is 29.2 Å². The lowest BCUT2D eigenvalue weighted by atomic mass is 10.1. The van der Waals surface area contributed by atoms with Gasteiger partial charge in [-0.2, -0.15) is 5.26 Å². The maximum atomic E-state index is 11.0. The summed E-state index contributed by atoms with van der Waals surface area (Å²) in [7, 11) is 0. The SMILES string of the molecule is CC(=O)c1ccccc1SC#N. The number of ketones is 1. The van der Waals surface area contributed by atoms with Crippen molar-refractivity contribution in [2.45, 2.75) is 11.8 Å². The fourth-order valence-electron chi connectivity index (χ4n) is 0.896. The van der Waals surface area contributed by atoms with E-state index in [1.807, 2.05) is 11.5 Å². The molecule has 1 rings (SSSR count). The van der Waals surface area contributed by atoms with Crippen LogP contribution in [-0.2, 0) is 0 Å². The van der Waals surface area contributed by atoms with Gasteiger partial charge in [-0.3, -0.25) is 4.79 Å². The Hall–Kier alpha value is -1.27. The van der Waals surface area contributed by atoms with Crippen LogP contribution in [0.3, 0.4) is 0 Å². The molecule has 0 fully saturated rings. The molecule has 0 aliphatic carbocycles. The molecule has 1 aromatic carbocycles. The first-order chi connectivity index (χ1) is 5.75. The zero-order valence-corrected chi connectivity index (χ0v) is 7.39. The van der Waals surface area contributed by atoms with Crippen molar-refractivity contribution in [1.82, 2.24) is 0 Å². The molecule has 0 amide bonds. The molecule has 0 aliphatic rings. The van der Waals surface area contributed by atoms with Crippen LogP contribution in [0.5, 0.6) is 0 Å². The number of carbonyl (C=O) groups is 1. The summed E-state index contributed by atoms with van der Waals surface area (Å²) in [4.78, 5) is 11.7. The quantitative estimate of drug-likeness (QED) is 0.396. The Morgan fingerprint density at radius 1 is 1.50 bits per heavy atom. The van der Waals surface area contributed by atoms with Crippen LogP contribution in [0.1, 0.15) is 17.3 Å². The Balaban J connectivity index is 3.10. The lowest BCUT2D eigenvalue weighted by Gasteiger charge is -1.99. The van der Waals surface area contributed by atoms with E-state index in [4.69, 9.17) is 5.26 Å². The minimum atomic E-state index is -0.00616. The first-order valence-corrected chi connectivity index (χ1v) is 4.23. The molecular formula is C9H7NOS. The molecule has 2 nitrogen and oxygen atoms in total. The summed E-state index contributed by atoms with van der Waals surface area (Å²) in [5.74, 6) is -0.00616. The minimum absolute atomic E-state index is 0.00616. The molecule has 60 valence electrons. The molecule has 0 unspecified atom stereocenters. The highest BCUT2D eigenvalue weighted by Gasteiger charge is 2.05. The van der Waals surface area contributed by atoms with E-state index >= 15 is 0 Å². The van der Waals surface area contributed by atoms with Gasteiger partial charge in [-0.05, 0) is 24.8 Å². The zero-order valence-electron chi connectivity index (χ0n) is 6.57. The maximum Gasteiger partial charge on any atom is 0.160 e. The van der Waals surface area contributed by atoms with E-state index in [0.29, 0.717) is 5.56 Å². The van der Waals surface area contributed by atoms with E-state index < -0.39 is 0 Å². The van der Waals surface area contributed by atoms with Crippen LogP contribution >= 0.6 is 11.8 Å². The first kappa shape index (κ1) is 8.82. The topological polar surface area (TPSA) is 40.9 Å². The van der Waals surface area contributed by atoms with Gasteiger partial charge < -0.3 is 0 Å². The summed E-state index contributed by atoms with van der Waals surface area (Å²) in [5, 5.41) is 10.4. The molecular weight excluding hydrogens is 170 g/mol. The normalized spacial score (nSPS) is 9.00. The first-order valence-electron chi connectivity index (χ1n) is 3.41. The Bertz CT molecular complexity index is 341. The van der Waals surface area contributed by atoms with Gasteiger partial charge in [-0.1, -0.05) is 18.2 Å². The average Bonchev–Trinajstić information content (AvgIpc) is 2.05. The van der Waals surface area contributed by atoms with E-state index in [1.165, 1.54) is 6.92 Å². The molecule has 0 saturated heterocycles. The van der Waals surface area contributed by atoms with E-state index in [9.17, 15) is 4.79 Å². The monoisotopic (exact) mass is 177 g/mol. The number of Topliss-reactive ketones (excluding diaryl/α,β-unsaturated/α-hetero) is 1. The number of hydrogen-bond donors (Lipinski definition) is 0. The van der Waals surface area contributed by atoms with Gasteiger partial charge in [0.1, 0.15) is 5.40 Å². The highest BCUT2D eigenvalue weighted by molar-refractivity contribution is 8.03. The summed E-state index contributed by atoms with van der Waals surface area (Å²) in [5.41, 5.74) is 0.615. The number of nitriles is 1. The summed E-state index contributed by atoms with van der Waals surface area (Å²) >= 11 is 1.01. The number of thiocyanates is 1. The standard InChI is InChI=1S/C9H7NOS/c1-7(11)8-4-2-3-5-9(8)12-6-10/h2-5H,1H3. The summed E-state index contributed by atoms with van der Waals surface area (Å²) in [6, 6.07) is 7.09. The Kier molecular flexibility index (Phi) is 2.89. The van der Waals surface area contributed by atoms with Gasteiger partial charge >= 0.3 is 0 Å². The minimum Gasteiger partial charge on any atom is -0.294 e. The largest absolute Gasteiger partial charge is 0.294 e. The number of hydrogen-bond acceptors (Lipinski definition) is 3. The third-order valence-electron chi connectivity index (χ3n) is 1.42. The Labute approximate surface area is 75.2 Å². The van der Waals surface area contributed by atoms with Crippen molar-refractivity contribution in [3.05, 3.63) is 29.8 Å². The van der Waals surface area contributed by atoms with Gasteiger partial charge in [0.15, 0.2) is 5.78 Å². The number of thioether (sulfide) groups is 1. The van der Waals surface area contributed by atoms with Crippen LogP contribution in [-0.4, -0.2) is 5.78 Å². The third kappa shape index (κ3) is 1.86. The van der Waals surface area contributed by atoms with Gasteiger partial charge in [0, 0.05) is 10.5 Å². The van der Waals surface area contributed by atoms with Gasteiger partial charge in [0.2, 0.25) is 0 Å². The van der Waals surface area contributed by atoms with Crippen molar-refractivity contribution in [3.63, 3.8) is 0 Å². The molecule has 0 atom stereocenters. The second-order valence-electron chi connectivity index (χ2n) is 2.25. The van der Waals surface area contributed by atoms with Gasteiger partial charge in [-0.15, -0.1) is 0 Å². The van der Waals surface area contributed by atoms with Crippen molar-refractivity contribution in [3.8, 4) is 5.40 Å². The highest BCUT2D eigenvalue weighted by Crippen LogP contribution is 2.21. The number of rotatable bonds is 2.